The zero-order chi connectivity index (χ0) is 10.6. The van der Waals surface area contributed by atoms with Crippen LogP contribution in [0.4, 0.5) is 0 Å². The molecule has 0 radical (unpaired) electrons. The molecule has 0 aromatic heterocycles. The molecule has 78 valence electrons. The monoisotopic (exact) mass is 209 g/mol. The smallest absolute Gasteiger partial charge is 0.00720 e. The van der Waals surface area contributed by atoms with Gasteiger partial charge in [0.15, 0.2) is 0 Å². The van der Waals surface area contributed by atoms with E-state index in [1.165, 1.54) is 10.5 Å². The molecule has 1 aromatic carbocycles. The Morgan fingerprint density at radius 3 is 2.64 bits per heavy atom. The average molecular weight is 209 g/mol. The van der Waals surface area contributed by atoms with E-state index in [1.807, 2.05) is 0 Å². The third-order valence-electron chi connectivity index (χ3n) is 2.62. The van der Waals surface area contributed by atoms with Crippen LogP contribution in [0.5, 0.6) is 0 Å². The second-order valence-corrected chi connectivity index (χ2v) is 5.03. The molecule has 0 spiro atoms. The molecule has 0 saturated heterocycles. The summed E-state index contributed by atoms with van der Waals surface area (Å²) in [6.45, 7) is 5.25. The van der Waals surface area contributed by atoms with Crippen molar-refractivity contribution in [2.24, 2.45) is 5.73 Å². The highest BCUT2D eigenvalue weighted by atomic mass is 32.2. The van der Waals surface area contributed by atoms with E-state index in [9.17, 15) is 0 Å². The third kappa shape index (κ3) is 2.76. The van der Waals surface area contributed by atoms with Crippen LogP contribution in [-0.4, -0.2) is 12.8 Å². The molecule has 0 saturated carbocycles. The van der Waals surface area contributed by atoms with Crippen molar-refractivity contribution < 1.29 is 0 Å². The van der Waals surface area contributed by atoms with Gasteiger partial charge in [-0.05, 0) is 42.3 Å². The number of hydrogen-bond acceptors (Lipinski definition) is 2. The first-order valence-electron chi connectivity index (χ1n) is 4.95. The van der Waals surface area contributed by atoms with Crippen molar-refractivity contribution in [2.45, 2.75) is 30.6 Å². The zero-order valence-electron chi connectivity index (χ0n) is 9.21. The topological polar surface area (TPSA) is 26.0 Å². The largest absolute Gasteiger partial charge is 0.330 e. The molecule has 2 N–H and O–H groups in total. The molecule has 0 aliphatic carbocycles. The highest BCUT2D eigenvalue weighted by Crippen LogP contribution is 2.28. The Kier molecular flexibility index (Phi) is 4.02. The molecule has 0 heterocycles. The third-order valence-corrected chi connectivity index (χ3v) is 3.35. The van der Waals surface area contributed by atoms with Crippen molar-refractivity contribution in [3.63, 3.8) is 0 Å². The Labute approximate surface area is 91.1 Å². The van der Waals surface area contributed by atoms with E-state index in [2.05, 4.69) is 44.4 Å². The van der Waals surface area contributed by atoms with Gasteiger partial charge in [-0.2, -0.15) is 0 Å². The first-order valence-corrected chi connectivity index (χ1v) is 6.17. The maximum absolute atomic E-state index is 5.62. The normalized spacial score (nSPS) is 11.7. The Morgan fingerprint density at radius 2 is 2.07 bits per heavy atom. The molecule has 14 heavy (non-hydrogen) atoms. The van der Waals surface area contributed by atoms with Crippen LogP contribution in [0.2, 0.25) is 0 Å². The summed E-state index contributed by atoms with van der Waals surface area (Å²) < 4.78 is 0. The van der Waals surface area contributed by atoms with Crippen molar-refractivity contribution in [2.75, 3.05) is 12.8 Å². The quantitative estimate of drug-likeness (QED) is 0.771. The van der Waals surface area contributed by atoms with Crippen molar-refractivity contribution >= 4 is 11.8 Å². The van der Waals surface area contributed by atoms with Gasteiger partial charge in [-0.3, -0.25) is 0 Å². The fourth-order valence-electron chi connectivity index (χ4n) is 1.55. The van der Waals surface area contributed by atoms with Gasteiger partial charge in [0.25, 0.3) is 0 Å². The molecule has 0 unspecified atom stereocenters. The Bertz CT molecular complexity index is 294. The molecule has 0 bridgehead atoms. The highest BCUT2D eigenvalue weighted by Gasteiger charge is 2.19. The van der Waals surface area contributed by atoms with Crippen LogP contribution in [0.15, 0.2) is 29.2 Å². The van der Waals surface area contributed by atoms with Crippen molar-refractivity contribution in [3.8, 4) is 0 Å². The van der Waals surface area contributed by atoms with E-state index in [0.29, 0.717) is 0 Å². The minimum Gasteiger partial charge on any atom is -0.330 e. The predicted octanol–water partition coefficient (Wildman–Crippen LogP) is 3.03. The summed E-state index contributed by atoms with van der Waals surface area (Å²) in [6.07, 6.45) is 3.14. The SMILES string of the molecule is CSc1cccc(C(C)(C)CCN)c1. The lowest BCUT2D eigenvalue weighted by molar-refractivity contribution is 0.487. The number of nitrogens with two attached hydrogens (primary N) is 1. The molecular weight excluding hydrogens is 190 g/mol. The Morgan fingerprint density at radius 1 is 1.36 bits per heavy atom. The maximum Gasteiger partial charge on any atom is 0.00720 e. The average Bonchev–Trinajstić information content (AvgIpc) is 2.18. The summed E-state index contributed by atoms with van der Waals surface area (Å²) in [7, 11) is 0. The molecule has 0 aliphatic heterocycles. The standard InChI is InChI=1S/C12H19NS/c1-12(2,7-8-13)10-5-4-6-11(9-10)14-3/h4-6,9H,7-8,13H2,1-3H3. The molecule has 1 nitrogen and oxygen atoms in total. The van der Waals surface area contributed by atoms with Crippen LogP contribution < -0.4 is 5.73 Å². The molecule has 0 fully saturated rings. The first-order chi connectivity index (χ1) is 6.60. The molecule has 0 aliphatic rings. The van der Waals surface area contributed by atoms with Crippen LogP contribution in [0.25, 0.3) is 0 Å². The van der Waals surface area contributed by atoms with Gasteiger partial charge in [-0.1, -0.05) is 26.0 Å². The molecule has 1 aromatic rings. The van der Waals surface area contributed by atoms with Gasteiger partial charge in [0.1, 0.15) is 0 Å². The summed E-state index contributed by atoms with van der Waals surface area (Å²) in [5.41, 5.74) is 7.20. The number of rotatable bonds is 4. The zero-order valence-corrected chi connectivity index (χ0v) is 10.0. The van der Waals surface area contributed by atoms with Gasteiger partial charge in [-0.25, -0.2) is 0 Å². The van der Waals surface area contributed by atoms with Crippen LogP contribution in [0.3, 0.4) is 0 Å². The number of hydrogen-bond donors (Lipinski definition) is 1. The van der Waals surface area contributed by atoms with Gasteiger partial charge in [0, 0.05) is 4.90 Å². The lowest BCUT2D eigenvalue weighted by Gasteiger charge is -2.24. The van der Waals surface area contributed by atoms with Crippen LogP contribution in [-0.2, 0) is 5.41 Å². The van der Waals surface area contributed by atoms with Gasteiger partial charge >= 0.3 is 0 Å². The molecule has 1 rings (SSSR count). The second kappa shape index (κ2) is 4.85. The fraction of sp³-hybridized carbons (Fsp3) is 0.500. The van der Waals surface area contributed by atoms with Crippen molar-refractivity contribution in [1.29, 1.82) is 0 Å². The van der Waals surface area contributed by atoms with Crippen molar-refractivity contribution in [3.05, 3.63) is 29.8 Å². The summed E-state index contributed by atoms with van der Waals surface area (Å²) in [5.74, 6) is 0. The van der Waals surface area contributed by atoms with E-state index >= 15 is 0 Å². The summed E-state index contributed by atoms with van der Waals surface area (Å²) in [6, 6.07) is 8.72. The van der Waals surface area contributed by atoms with Crippen molar-refractivity contribution in [1.82, 2.24) is 0 Å². The first kappa shape index (κ1) is 11.6. The maximum atomic E-state index is 5.62. The number of thioether (sulfide) groups is 1. The molecule has 2 heteroatoms. The summed E-state index contributed by atoms with van der Waals surface area (Å²) >= 11 is 1.79. The lowest BCUT2D eigenvalue weighted by Crippen LogP contribution is -2.21. The molecular formula is C12H19NS. The van der Waals surface area contributed by atoms with E-state index < -0.39 is 0 Å². The lowest BCUT2D eigenvalue weighted by atomic mass is 9.82. The summed E-state index contributed by atoms with van der Waals surface area (Å²) in [4.78, 5) is 1.33. The molecule has 0 amide bonds. The van der Waals surface area contributed by atoms with E-state index in [4.69, 9.17) is 5.73 Å². The molecule has 0 atom stereocenters. The van der Waals surface area contributed by atoms with E-state index in [-0.39, 0.29) is 5.41 Å². The predicted molar refractivity (Wildman–Crippen MR) is 64.9 cm³/mol. The second-order valence-electron chi connectivity index (χ2n) is 4.15. The number of benzene rings is 1. The highest BCUT2D eigenvalue weighted by molar-refractivity contribution is 7.98. The summed E-state index contributed by atoms with van der Waals surface area (Å²) in [5, 5.41) is 0. The van der Waals surface area contributed by atoms with E-state index in [1.54, 1.807) is 11.8 Å². The Balaban J connectivity index is 2.93. The van der Waals surface area contributed by atoms with Gasteiger partial charge in [0.2, 0.25) is 0 Å². The van der Waals surface area contributed by atoms with Crippen LogP contribution in [0, 0.1) is 0 Å². The van der Waals surface area contributed by atoms with E-state index in [0.717, 1.165) is 13.0 Å². The minimum absolute atomic E-state index is 0.195. The van der Waals surface area contributed by atoms with Crippen LogP contribution >= 0.6 is 11.8 Å². The van der Waals surface area contributed by atoms with Gasteiger partial charge in [0.05, 0.1) is 0 Å². The van der Waals surface area contributed by atoms with Crippen LogP contribution in [0.1, 0.15) is 25.8 Å². The van der Waals surface area contributed by atoms with Gasteiger partial charge < -0.3 is 5.73 Å². The van der Waals surface area contributed by atoms with Gasteiger partial charge in [-0.15, -0.1) is 11.8 Å². The fourth-order valence-corrected chi connectivity index (χ4v) is 2.01. The Hall–Kier alpha value is -0.470. The minimum atomic E-state index is 0.195.